The van der Waals surface area contributed by atoms with Crippen molar-refractivity contribution in [3.8, 4) is 12.3 Å². The second-order valence-electron chi connectivity index (χ2n) is 3.37. The Balaban J connectivity index is 2.97. The van der Waals surface area contributed by atoms with Crippen LogP contribution >= 0.6 is 11.6 Å². The van der Waals surface area contributed by atoms with Gasteiger partial charge in [0.25, 0.3) is 0 Å². The first kappa shape index (κ1) is 14.5. The maximum absolute atomic E-state index is 11.8. The van der Waals surface area contributed by atoms with E-state index in [0.717, 1.165) is 0 Å². The number of sulfonamides is 1. The van der Waals surface area contributed by atoms with Crippen molar-refractivity contribution in [2.24, 2.45) is 0 Å². The molecule has 2 N–H and O–H groups in total. The summed E-state index contributed by atoms with van der Waals surface area (Å²) in [4.78, 5) is 10.7. The van der Waals surface area contributed by atoms with Crippen LogP contribution in [0.25, 0.3) is 0 Å². The second-order valence-corrected chi connectivity index (χ2v) is 5.52. The molecule has 0 saturated carbocycles. The van der Waals surface area contributed by atoms with Crippen molar-refractivity contribution in [1.29, 1.82) is 0 Å². The molecule has 1 aromatic carbocycles. The van der Waals surface area contributed by atoms with Gasteiger partial charge in [0.15, 0.2) is 0 Å². The van der Waals surface area contributed by atoms with E-state index < -0.39 is 22.0 Å². The normalized spacial score (nSPS) is 12.7. The quantitative estimate of drug-likeness (QED) is 0.794. The van der Waals surface area contributed by atoms with Crippen LogP contribution in [0.15, 0.2) is 29.2 Å². The molecule has 0 bridgehead atoms. The first-order valence-electron chi connectivity index (χ1n) is 4.81. The number of carboxylic acids is 1. The maximum Gasteiger partial charge on any atom is 0.322 e. The van der Waals surface area contributed by atoms with Gasteiger partial charge in [-0.05, 0) is 24.3 Å². The first-order chi connectivity index (χ1) is 8.36. The average Bonchev–Trinajstić information content (AvgIpc) is 2.28. The van der Waals surface area contributed by atoms with Crippen molar-refractivity contribution in [3.05, 3.63) is 29.3 Å². The Morgan fingerprint density at radius 1 is 1.44 bits per heavy atom. The lowest BCUT2D eigenvalue weighted by molar-refractivity contribution is -0.138. The van der Waals surface area contributed by atoms with Crippen LogP contribution in [0.4, 0.5) is 0 Å². The summed E-state index contributed by atoms with van der Waals surface area (Å²) in [6, 6.07) is 4.00. The number of aliphatic carboxylic acids is 1. The lowest BCUT2D eigenvalue weighted by atomic mass is 10.2. The monoisotopic (exact) mass is 287 g/mol. The van der Waals surface area contributed by atoms with Gasteiger partial charge in [-0.25, -0.2) is 8.42 Å². The minimum absolute atomic E-state index is 0.0739. The van der Waals surface area contributed by atoms with E-state index in [2.05, 4.69) is 5.92 Å². The third-order valence-corrected chi connectivity index (χ3v) is 3.78. The number of nitrogens with one attached hydrogen (secondary N) is 1. The predicted octanol–water partition coefficient (Wildman–Crippen LogP) is 1.09. The number of hydrogen-bond donors (Lipinski definition) is 2. The molecule has 1 atom stereocenters. The van der Waals surface area contributed by atoms with E-state index in [1.54, 1.807) is 0 Å². The van der Waals surface area contributed by atoms with Gasteiger partial charge in [-0.3, -0.25) is 4.79 Å². The molecule has 0 aliphatic carbocycles. The van der Waals surface area contributed by atoms with Gasteiger partial charge in [-0.2, -0.15) is 4.72 Å². The fourth-order valence-electron chi connectivity index (χ4n) is 1.17. The number of carboxylic acid groups (broad SMARTS) is 1. The smallest absolute Gasteiger partial charge is 0.322 e. The molecule has 0 saturated heterocycles. The molecule has 0 aromatic heterocycles. The second kappa shape index (κ2) is 5.87. The Hall–Kier alpha value is -1.55. The largest absolute Gasteiger partial charge is 0.480 e. The molecular formula is C11H10ClNO4S. The Kier molecular flexibility index (Phi) is 4.73. The summed E-state index contributed by atoms with van der Waals surface area (Å²) in [5.74, 6) is 0.775. The van der Waals surface area contributed by atoms with Crippen molar-refractivity contribution in [2.75, 3.05) is 0 Å². The van der Waals surface area contributed by atoms with E-state index >= 15 is 0 Å². The van der Waals surface area contributed by atoms with E-state index in [4.69, 9.17) is 23.1 Å². The topological polar surface area (TPSA) is 83.5 Å². The molecule has 1 rings (SSSR count). The van der Waals surface area contributed by atoms with Crippen molar-refractivity contribution < 1.29 is 18.3 Å². The highest BCUT2D eigenvalue weighted by atomic mass is 35.5. The Bertz CT molecular complexity index is 574. The third kappa shape index (κ3) is 3.74. The molecule has 18 heavy (non-hydrogen) atoms. The minimum atomic E-state index is -3.93. The van der Waals surface area contributed by atoms with E-state index in [-0.39, 0.29) is 11.3 Å². The molecule has 0 fully saturated rings. The van der Waals surface area contributed by atoms with E-state index in [1.165, 1.54) is 24.3 Å². The van der Waals surface area contributed by atoms with Gasteiger partial charge in [-0.15, -0.1) is 12.3 Å². The molecule has 1 aromatic rings. The molecule has 96 valence electrons. The van der Waals surface area contributed by atoms with Crippen LogP contribution in [0.1, 0.15) is 6.42 Å². The van der Waals surface area contributed by atoms with Gasteiger partial charge in [-0.1, -0.05) is 11.6 Å². The van der Waals surface area contributed by atoms with Crippen LogP contribution in [-0.2, 0) is 14.8 Å². The Labute approximate surface area is 110 Å². The molecule has 0 amide bonds. The summed E-state index contributed by atoms with van der Waals surface area (Å²) in [5, 5.41) is 9.20. The summed E-state index contributed by atoms with van der Waals surface area (Å²) < 4.78 is 25.7. The third-order valence-electron chi connectivity index (χ3n) is 2.04. The van der Waals surface area contributed by atoms with Crippen molar-refractivity contribution in [1.82, 2.24) is 4.72 Å². The lowest BCUT2D eigenvalue weighted by Gasteiger charge is -2.12. The molecule has 0 aliphatic rings. The summed E-state index contributed by atoms with van der Waals surface area (Å²) >= 11 is 5.63. The zero-order valence-corrected chi connectivity index (χ0v) is 10.7. The van der Waals surface area contributed by atoms with Crippen LogP contribution in [0.5, 0.6) is 0 Å². The van der Waals surface area contributed by atoms with Crippen molar-refractivity contribution in [2.45, 2.75) is 17.4 Å². The number of hydrogen-bond acceptors (Lipinski definition) is 3. The fourth-order valence-corrected chi connectivity index (χ4v) is 2.48. The van der Waals surface area contributed by atoms with Gasteiger partial charge >= 0.3 is 5.97 Å². The molecule has 0 spiro atoms. The molecule has 0 aliphatic heterocycles. The summed E-state index contributed by atoms with van der Waals surface area (Å²) in [6.07, 6.45) is 4.75. The number of rotatable bonds is 5. The highest BCUT2D eigenvalue weighted by Gasteiger charge is 2.24. The van der Waals surface area contributed by atoms with Gasteiger partial charge in [0.2, 0.25) is 10.0 Å². The SMILES string of the molecule is C#CC[C@@H](NS(=O)(=O)c1ccc(Cl)cc1)C(=O)O. The summed E-state index contributed by atoms with van der Waals surface area (Å²) in [7, 11) is -3.93. The number of halogens is 1. The standard InChI is InChI=1S/C11H10ClNO4S/c1-2-3-10(11(14)15)13-18(16,17)9-6-4-8(12)5-7-9/h1,4-7,10,13H,3H2,(H,14,15)/t10-/m1/s1. The lowest BCUT2D eigenvalue weighted by Crippen LogP contribution is -2.40. The molecule has 5 nitrogen and oxygen atoms in total. The van der Waals surface area contributed by atoms with Crippen LogP contribution in [0.3, 0.4) is 0 Å². The van der Waals surface area contributed by atoms with E-state index in [0.29, 0.717) is 5.02 Å². The molecule has 0 heterocycles. The van der Waals surface area contributed by atoms with Crippen molar-refractivity contribution in [3.63, 3.8) is 0 Å². The van der Waals surface area contributed by atoms with Gasteiger partial charge in [0, 0.05) is 11.4 Å². The highest BCUT2D eigenvalue weighted by molar-refractivity contribution is 7.89. The molecular weight excluding hydrogens is 278 g/mol. The number of terminal acetylenes is 1. The zero-order valence-electron chi connectivity index (χ0n) is 9.13. The molecule has 0 radical (unpaired) electrons. The first-order valence-corrected chi connectivity index (χ1v) is 6.67. The molecule has 7 heteroatoms. The van der Waals surface area contributed by atoms with E-state index in [1.807, 2.05) is 4.72 Å². The highest BCUT2D eigenvalue weighted by Crippen LogP contribution is 2.14. The Morgan fingerprint density at radius 2 is 2.00 bits per heavy atom. The number of benzene rings is 1. The predicted molar refractivity (Wildman–Crippen MR) is 66.6 cm³/mol. The van der Waals surface area contributed by atoms with Crippen LogP contribution in [0, 0.1) is 12.3 Å². The summed E-state index contributed by atoms with van der Waals surface area (Å²) in [6.45, 7) is 0. The minimum Gasteiger partial charge on any atom is -0.480 e. The van der Waals surface area contributed by atoms with E-state index in [9.17, 15) is 13.2 Å². The average molecular weight is 288 g/mol. The molecule has 0 unspecified atom stereocenters. The Morgan fingerprint density at radius 3 is 2.44 bits per heavy atom. The fraction of sp³-hybridized carbons (Fsp3) is 0.182. The maximum atomic E-state index is 11.8. The van der Waals surface area contributed by atoms with Gasteiger partial charge in [0.1, 0.15) is 6.04 Å². The zero-order chi connectivity index (χ0) is 13.8. The van der Waals surface area contributed by atoms with Gasteiger partial charge in [0.05, 0.1) is 4.90 Å². The van der Waals surface area contributed by atoms with Gasteiger partial charge < -0.3 is 5.11 Å². The number of carbonyl (C=O) groups is 1. The van der Waals surface area contributed by atoms with Crippen molar-refractivity contribution >= 4 is 27.6 Å². The van der Waals surface area contributed by atoms with Crippen LogP contribution < -0.4 is 4.72 Å². The van der Waals surface area contributed by atoms with Crippen LogP contribution in [-0.4, -0.2) is 25.5 Å². The van der Waals surface area contributed by atoms with Crippen LogP contribution in [0.2, 0.25) is 5.02 Å². The summed E-state index contributed by atoms with van der Waals surface area (Å²) in [5.41, 5.74) is 0.